The monoisotopic (exact) mass is 549 g/mol. The summed E-state index contributed by atoms with van der Waals surface area (Å²) >= 11 is 0. The Morgan fingerprint density at radius 2 is 1.92 bits per heavy atom. The van der Waals surface area contributed by atoms with E-state index in [1.807, 2.05) is 6.92 Å². The second-order valence-corrected chi connectivity index (χ2v) is 16.3. The first-order valence-corrected chi connectivity index (χ1v) is 16.2. The fraction of sp³-hybridized carbons (Fsp3) is 0.462. The van der Waals surface area contributed by atoms with E-state index in [0.29, 0.717) is 25.4 Å². The fourth-order valence-corrected chi connectivity index (χ4v) is 5.40. The zero-order valence-electron chi connectivity index (χ0n) is 21.8. The normalized spacial score (nSPS) is 16.2. The van der Waals surface area contributed by atoms with Gasteiger partial charge in [-0.2, -0.15) is 34.9 Å². The molecule has 1 aromatic carbocycles. The Bertz CT molecular complexity index is 1300. The van der Waals surface area contributed by atoms with Crippen molar-refractivity contribution in [3.8, 4) is 11.3 Å². The lowest BCUT2D eigenvalue weighted by Crippen LogP contribution is -2.29. The molecule has 205 valence electrons. The highest BCUT2D eigenvalue weighted by Crippen LogP contribution is 2.36. The SMILES string of the molecule is Cc1c(N2CCC(Cc3ccc(F)c(F)c3C(F)F)C2=O)nn(COCC[Si-](C)(C)C)c1-c1ccnnc1. The lowest BCUT2D eigenvalue weighted by atomic mass is 9.94. The average Bonchev–Trinajstić information content (AvgIpc) is 3.37. The van der Waals surface area contributed by atoms with Crippen molar-refractivity contribution in [1.82, 2.24) is 20.0 Å². The van der Waals surface area contributed by atoms with Crippen LogP contribution in [0.5, 0.6) is 0 Å². The predicted molar refractivity (Wildman–Crippen MR) is 138 cm³/mol. The lowest BCUT2D eigenvalue weighted by molar-refractivity contribution is -0.120. The molecule has 1 unspecified atom stereocenters. The van der Waals surface area contributed by atoms with Gasteiger partial charge in [0.15, 0.2) is 17.5 Å². The van der Waals surface area contributed by atoms with Gasteiger partial charge in [-0.15, -0.1) is 14.1 Å². The van der Waals surface area contributed by atoms with Gasteiger partial charge in [-0.25, -0.2) is 22.2 Å². The van der Waals surface area contributed by atoms with Crippen molar-refractivity contribution in [3.63, 3.8) is 0 Å². The number of benzene rings is 1. The summed E-state index contributed by atoms with van der Waals surface area (Å²) in [6, 6.07) is 4.73. The molecular formula is C26H31F4N5O2Si-. The van der Waals surface area contributed by atoms with Gasteiger partial charge in [0.25, 0.3) is 6.43 Å². The van der Waals surface area contributed by atoms with E-state index in [4.69, 9.17) is 9.84 Å². The van der Waals surface area contributed by atoms with Crippen LogP contribution in [0.25, 0.3) is 11.3 Å². The Labute approximate surface area is 219 Å². The van der Waals surface area contributed by atoms with E-state index in [2.05, 4.69) is 29.8 Å². The molecular weight excluding hydrogens is 518 g/mol. The van der Waals surface area contributed by atoms with Gasteiger partial charge < -0.3 is 4.74 Å². The highest BCUT2D eigenvalue weighted by atomic mass is 28.3. The molecule has 0 radical (unpaired) electrons. The van der Waals surface area contributed by atoms with Gasteiger partial charge in [-0.1, -0.05) is 6.07 Å². The molecule has 2 aromatic heterocycles. The largest absolute Gasteiger partial charge is 0.362 e. The predicted octanol–water partition coefficient (Wildman–Crippen LogP) is 5.77. The molecule has 7 nitrogen and oxygen atoms in total. The summed E-state index contributed by atoms with van der Waals surface area (Å²) < 4.78 is 62.3. The Balaban J connectivity index is 1.59. The van der Waals surface area contributed by atoms with Crippen molar-refractivity contribution < 1.29 is 27.1 Å². The number of halogens is 4. The van der Waals surface area contributed by atoms with Crippen LogP contribution in [0.4, 0.5) is 23.4 Å². The Kier molecular flexibility index (Phi) is 8.31. The van der Waals surface area contributed by atoms with Gasteiger partial charge in [-0.3, -0.25) is 9.69 Å². The number of amides is 1. The van der Waals surface area contributed by atoms with Crippen LogP contribution in [-0.4, -0.2) is 47.1 Å². The highest BCUT2D eigenvalue weighted by molar-refractivity contribution is 6.76. The fourth-order valence-electron chi connectivity index (χ4n) is 4.64. The van der Waals surface area contributed by atoms with Crippen molar-refractivity contribution in [2.75, 3.05) is 18.1 Å². The number of carbonyl (C=O) groups is 1. The van der Waals surface area contributed by atoms with Crippen molar-refractivity contribution in [3.05, 3.63) is 58.9 Å². The molecule has 1 aliphatic rings. The van der Waals surface area contributed by atoms with E-state index in [-0.39, 0.29) is 24.6 Å². The first-order valence-electron chi connectivity index (χ1n) is 12.5. The maximum atomic E-state index is 14.1. The highest BCUT2D eigenvalue weighted by Gasteiger charge is 2.37. The second-order valence-electron chi connectivity index (χ2n) is 10.7. The third kappa shape index (κ3) is 5.96. The van der Waals surface area contributed by atoms with E-state index in [1.54, 1.807) is 23.1 Å². The number of hydrogen-bond donors (Lipinski definition) is 0. The average molecular weight is 550 g/mol. The summed E-state index contributed by atoms with van der Waals surface area (Å²) in [7, 11) is -1.28. The van der Waals surface area contributed by atoms with E-state index >= 15 is 0 Å². The summed E-state index contributed by atoms with van der Waals surface area (Å²) in [6.07, 6.45) is 0.231. The van der Waals surface area contributed by atoms with E-state index in [0.717, 1.165) is 35.0 Å². The van der Waals surface area contributed by atoms with Crippen molar-refractivity contribution in [2.24, 2.45) is 5.92 Å². The summed E-state index contributed by atoms with van der Waals surface area (Å²) in [5, 5.41) is 12.5. The zero-order chi connectivity index (χ0) is 27.6. The Morgan fingerprint density at radius 3 is 2.58 bits per heavy atom. The van der Waals surface area contributed by atoms with Crippen LogP contribution in [0, 0.1) is 24.5 Å². The molecule has 1 fully saturated rings. The van der Waals surface area contributed by atoms with Crippen LogP contribution in [0.3, 0.4) is 0 Å². The molecule has 0 bridgehead atoms. The molecule has 4 rings (SSSR count). The third-order valence-corrected chi connectivity index (χ3v) is 8.42. The van der Waals surface area contributed by atoms with Crippen LogP contribution in [0.2, 0.25) is 25.7 Å². The first kappa shape index (κ1) is 27.9. The van der Waals surface area contributed by atoms with Gasteiger partial charge in [0.2, 0.25) is 5.91 Å². The van der Waals surface area contributed by atoms with Crippen LogP contribution in [-0.2, 0) is 22.7 Å². The lowest BCUT2D eigenvalue weighted by Gasteiger charge is -2.26. The maximum absolute atomic E-state index is 14.1. The van der Waals surface area contributed by atoms with Crippen molar-refractivity contribution >= 4 is 19.8 Å². The Hall–Kier alpha value is -3.12. The summed E-state index contributed by atoms with van der Waals surface area (Å²) in [5.74, 6) is -3.44. The molecule has 38 heavy (non-hydrogen) atoms. The van der Waals surface area contributed by atoms with Crippen molar-refractivity contribution in [2.45, 2.75) is 58.6 Å². The van der Waals surface area contributed by atoms with Crippen LogP contribution in [0.15, 0.2) is 30.6 Å². The number of anilines is 1. The van der Waals surface area contributed by atoms with E-state index in [9.17, 15) is 22.4 Å². The van der Waals surface area contributed by atoms with Gasteiger partial charge >= 0.3 is 0 Å². The van der Waals surface area contributed by atoms with Crippen molar-refractivity contribution in [1.29, 1.82) is 0 Å². The number of rotatable bonds is 10. The van der Waals surface area contributed by atoms with Crippen LogP contribution >= 0.6 is 0 Å². The standard InChI is InChI=1S/C26H31F4N5O2Si/c1-16-23(19-7-9-31-32-14-19)35(15-37-11-12-38(2,3)4)33-25(16)34-10-8-18(26(34)36)13-17-5-6-20(27)22(28)21(17)24(29)30/h5-7,9,14,18,24H,8,10-13,15H2,1-4H3/q-1. The molecule has 12 heteroatoms. The molecule has 1 saturated heterocycles. The summed E-state index contributed by atoms with van der Waals surface area (Å²) in [5.41, 5.74) is 1.18. The molecule has 3 heterocycles. The smallest absolute Gasteiger partial charge is 0.267 e. The summed E-state index contributed by atoms with van der Waals surface area (Å²) in [6.45, 7) is 9.73. The molecule has 1 amide bonds. The van der Waals surface area contributed by atoms with Crippen LogP contribution in [0.1, 0.15) is 29.5 Å². The van der Waals surface area contributed by atoms with E-state index < -0.39 is 37.6 Å². The molecule has 1 atom stereocenters. The van der Waals surface area contributed by atoms with E-state index in [1.165, 1.54) is 4.90 Å². The molecule has 0 spiro atoms. The topological polar surface area (TPSA) is 73.1 Å². The minimum absolute atomic E-state index is 0.0688. The van der Waals surface area contributed by atoms with Crippen LogP contribution < -0.4 is 4.90 Å². The minimum atomic E-state index is -3.19. The number of hydrogen-bond acceptors (Lipinski definition) is 5. The molecule has 0 N–H and O–H groups in total. The second kappa shape index (κ2) is 11.3. The number of aromatic nitrogens is 4. The quantitative estimate of drug-likeness (QED) is 0.182. The van der Waals surface area contributed by atoms with Gasteiger partial charge in [0.1, 0.15) is 6.73 Å². The van der Waals surface area contributed by atoms with Gasteiger partial charge in [0.05, 0.1) is 23.7 Å². The molecule has 0 saturated carbocycles. The zero-order valence-corrected chi connectivity index (χ0v) is 22.8. The molecule has 1 aliphatic heterocycles. The third-order valence-electron chi connectivity index (χ3n) is 6.71. The Morgan fingerprint density at radius 1 is 1.16 bits per heavy atom. The van der Waals surface area contributed by atoms with Gasteiger partial charge in [0, 0.05) is 30.2 Å². The first-order chi connectivity index (χ1) is 18.0. The number of carbonyl (C=O) groups excluding carboxylic acids is 1. The molecule has 3 aromatic rings. The minimum Gasteiger partial charge on any atom is -0.362 e. The maximum Gasteiger partial charge on any atom is 0.267 e. The number of ether oxygens (including phenoxy) is 1. The molecule has 0 aliphatic carbocycles. The number of nitrogens with zero attached hydrogens (tertiary/aromatic N) is 5. The number of alkyl halides is 2. The van der Waals surface area contributed by atoms with Gasteiger partial charge in [-0.05, 0) is 37.5 Å². The summed E-state index contributed by atoms with van der Waals surface area (Å²) in [4.78, 5) is 14.9.